The molecule has 0 aliphatic heterocycles. The molecular weight excluding hydrogens is 177 g/mol. The molecule has 1 atom stereocenters. The van der Waals surface area contributed by atoms with Gasteiger partial charge in [-0.25, -0.2) is 4.39 Å². The van der Waals surface area contributed by atoms with E-state index in [-0.39, 0.29) is 11.9 Å². The highest BCUT2D eigenvalue weighted by atomic mass is 19.1. The van der Waals surface area contributed by atoms with E-state index in [1.54, 1.807) is 12.1 Å². The van der Waals surface area contributed by atoms with Crippen LogP contribution in [-0.4, -0.2) is 7.05 Å². The average molecular weight is 195 g/mol. The molecule has 1 aromatic carbocycles. The molecule has 0 heterocycles. The van der Waals surface area contributed by atoms with Gasteiger partial charge in [-0.3, -0.25) is 0 Å². The van der Waals surface area contributed by atoms with Gasteiger partial charge >= 0.3 is 0 Å². The summed E-state index contributed by atoms with van der Waals surface area (Å²) in [5.41, 5.74) is 1.03. The van der Waals surface area contributed by atoms with Gasteiger partial charge in [0.1, 0.15) is 5.82 Å². The van der Waals surface area contributed by atoms with E-state index in [0.717, 1.165) is 12.0 Å². The minimum absolute atomic E-state index is 0.161. The quantitative estimate of drug-likeness (QED) is 0.778. The molecule has 0 aromatic heterocycles. The third-order valence-corrected chi connectivity index (χ3v) is 2.31. The summed E-state index contributed by atoms with van der Waals surface area (Å²) in [6.45, 7) is 4.34. The highest BCUT2D eigenvalue weighted by Crippen LogP contribution is 2.21. The first-order valence-electron chi connectivity index (χ1n) is 5.06. The number of rotatable bonds is 4. The van der Waals surface area contributed by atoms with Gasteiger partial charge < -0.3 is 5.32 Å². The van der Waals surface area contributed by atoms with Crippen LogP contribution < -0.4 is 5.32 Å². The molecule has 1 nitrogen and oxygen atoms in total. The van der Waals surface area contributed by atoms with Gasteiger partial charge in [0, 0.05) is 6.04 Å². The molecule has 78 valence electrons. The van der Waals surface area contributed by atoms with Crippen LogP contribution in [0.4, 0.5) is 4.39 Å². The second-order valence-electron chi connectivity index (χ2n) is 4.03. The van der Waals surface area contributed by atoms with Crippen molar-refractivity contribution in [3.63, 3.8) is 0 Å². The zero-order valence-electron chi connectivity index (χ0n) is 9.05. The maximum Gasteiger partial charge on any atom is 0.123 e. The van der Waals surface area contributed by atoms with E-state index in [2.05, 4.69) is 19.2 Å². The molecule has 0 radical (unpaired) electrons. The molecular formula is C12H18FN. The molecule has 0 spiro atoms. The monoisotopic (exact) mass is 195 g/mol. The van der Waals surface area contributed by atoms with E-state index < -0.39 is 0 Å². The van der Waals surface area contributed by atoms with E-state index in [4.69, 9.17) is 0 Å². The Kier molecular flexibility index (Phi) is 4.08. The zero-order valence-corrected chi connectivity index (χ0v) is 9.05. The third-order valence-electron chi connectivity index (χ3n) is 2.31. The van der Waals surface area contributed by atoms with Gasteiger partial charge in [0.05, 0.1) is 0 Å². The molecule has 0 aliphatic carbocycles. The Labute approximate surface area is 85.3 Å². The van der Waals surface area contributed by atoms with Gasteiger partial charge in [-0.15, -0.1) is 0 Å². The van der Waals surface area contributed by atoms with Crippen molar-refractivity contribution in [3.8, 4) is 0 Å². The number of halogens is 1. The van der Waals surface area contributed by atoms with Crippen molar-refractivity contribution in [2.24, 2.45) is 5.92 Å². The van der Waals surface area contributed by atoms with Gasteiger partial charge in [-0.2, -0.15) is 0 Å². The van der Waals surface area contributed by atoms with Gasteiger partial charge in [-0.05, 0) is 37.1 Å². The molecule has 0 fully saturated rings. The fraction of sp³-hybridized carbons (Fsp3) is 0.500. The Hall–Kier alpha value is -0.890. The van der Waals surface area contributed by atoms with Crippen molar-refractivity contribution < 1.29 is 4.39 Å². The van der Waals surface area contributed by atoms with Crippen LogP contribution in [0.25, 0.3) is 0 Å². The Morgan fingerprint density at radius 1 is 1.36 bits per heavy atom. The van der Waals surface area contributed by atoms with Crippen LogP contribution >= 0.6 is 0 Å². The van der Waals surface area contributed by atoms with Crippen LogP contribution in [0.3, 0.4) is 0 Å². The molecule has 0 saturated heterocycles. The molecule has 1 unspecified atom stereocenters. The Bertz CT molecular complexity index is 283. The van der Waals surface area contributed by atoms with Crippen LogP contribution in [0.1, 0.15) is 31.9 Å². The molecule has 0 saturated carbocycles. The number of hydrogen-bond donors (Lipinski definition) is 1. The van der Waals surface area contributed by atoms with Gasteiger partial charge in [0.25, 0.3) is 0 Å². The Morgan fingerprint density at radius 3 is 2.57 bits per heavy atom. The standard InChI is InChI=1S/C12H18FN/c1-9(2)7-12(14-3)10-5-4-6-11(13)8-10/h4-6,8-9,12,14H,7H2,1-3H3. The molecule has 2 heteroatoms. The normalized spacial score (nSPS) is 13.2. The van der Waals surface area contributed by atoms with Crippen LogP contribution in [0.5, 0.6) is 0 Å². The lowest BCUT2D eigenvalue weighted by molar-refractivity contribution is 0.454. The second-order valence-corrected chi connectivity index (χ2v) is 4.03. The average Bonchev–Trinajstić information content (AvgIpc) is 2.14. The first-order valence-corrected chi connectivity index (χ1v) is 5.06. The van der Waals surface area contributed by atoms with Crippen molar-refractivity contribution in [3.05, 3.63) is 35.6 Å². The van der Waals surface area contributed by atoms with Gasteiger partial charge in [0.15, 0.2) is 0 Å². The maximum absolute atomic E-state index is 13.0. The molecule has 1 aromatic rings. The summed E-state index contributed by atoms with van der Waals surface area (Å²) in [5.74, 6) is 0.447. The third kappa shape index (κ3) is 3.11. The lowest BCUT2D eigenvalue weighted by Crippen LogP contribution is -2.18. The van der Waals surface area contributed by atoms with Gasteiger partial charge in [-0.1, -0.05) is 26.0 Å². The SMILES string of the molecule is CNC(CC(C)C)c1cccc(F)c1. The Morgan fingerprint density at radius 2 is 2.07 bits per heavy atom. The predicted octanol–water partition coefficient (Wildman–Crippen LogP) is 3.13. The summed E-state index contributed by atoms with van der Waals surface area (Å²) in [6.07, 6.45) is 1.03. The molecule has 0 aliphatic rings. The van der Waals surface area contributed by atoms with Crippen LogP contribution in [0.15, 0.2) is 24.3 Å². The van der Waals surface area contributed by atoms with Crippen molar-refractivity contribution in [1.29, 1.82) is 0 Å². The minimum atomic E-state index is -0.161. The van der Waals surface area contributed by atoms with Crippen molar-refractivity contribution >= 4 is 0 Å². The molecule has 0 amide bonds. The predicted molar refractivity (Wildman–Crippen MR) is 57.7 cm³/mol. The second kappa shape index (κ2) is 5.11. The van der Waals surface area contributed by atoms with Gasteiger partial charge in [0.2, 0.25) is 0 Å². The minimum Gasteiger partial charge on any atom is -0.313 e. The molecule has 0 bridgehead atoms. The lowest BCUT2D eigenvalue weighted by Gasteiger charge is -2.18. The van der Waals surface area contributed by atoms with E-state index in [0.29, 0.717) is 5.92 Å². The van der Waals surface area contributed by atoms with Crippen LogP contribution in [0.2, 0.25) is 0 Å². The summed E-state index contributed by atoms with van der Waals surface area (Å²) in [7, 11) is 1.91. The summed E-state index contributed by atoms with van der Waals surface area (Å²) in [5, 5.41) is 3.21. The largest absolute Gasteiger partial charge is 0.313 e. The van der Waals surface area contributed by atoms with Crippen LogP contribution in [0, 0.1) is 11.7 Å². The number of nitrogens with one attached hydrogen (secondary N) is 1. The summed E-state index contributed by atoms with van der Waals surface area (Å²) >= 11 is 0. The van der Waals surface area contributed by atoms with Crippen molar-refractivity contribution in [1.82, 2.24) is 5.32 Å². The van der Waals surface area contributed by atoms with E-state index in [9.17, 15) is 4.39 Å². The van der Waals surface area contributed by atoms with E-state index >= 15 is 0 Å². The number of hydrogen-bond acceptors (Lipinski definition) is 1. The number of benzene rings is 1. The topological polar surface area (TPSA) is 12.0 Å². The fourth-order valence-electron chi connectivity index (χ4n) is 1.62. The molecule has 1 N–H and O–H groups in total. The van der Waals surface area contributed by atoms with E-state index in [1.165, 1.54) is 6.07 Å². The zero-order chi connectivity index (χ0) is 10.6. The summed E-state index contributed by atoms with van der Waals surface area (Å²) < 4.78 is 13.0. The summed E-state index contributed by atoms with van der Waals surface area (Å²) in [6, 6.07) is 7.06. The maximum atomic E-state index is 13.0. The first-order chi connectivity index (χ1) is 6.63. The lowest BCUT2D eigenvalue weighted by atomic mass is 9.97. The van der Waals surface area contributed by atoms with Crippen LogP contribution in [-0.2, 0) is 0 Å². The summed E-state index contributed by atoms with van der Waals surface area (Å²) in [4.78, 5) is 0. The Balaban J connectivity index is 2.78. The van der Waals surface area contributed by atoms with E-state index in [1.807, 2.05) is 13.1 Å². The van der Waals surface area contributed by atoms with Crippen molar-refractivity contribution in [2.45, 2.75) is 26.3 Å². The molecule has 14 heavy (non-hydrogen) atoms. The smallest absolute Gasteiger partial charge is 0.123 e. The highest BCUT2D eigenvalue weighted by Gasteiger charge is 2.11. The van der Waals surface area contributed by atoms with Crippen molar-refractivity contribution in [2.75, 3.05) is 7.05 Å². The first kappa shape index (κ1) is 11.2. The fourth-order valence-corrected chi connectivity index (χ4v) is 1.62. The highest BCUT2D eigenvalue weighted by molar-refractivity contribution is 5.20. The molecule has 1 rings (SSSR count).